The first-order valence-corrected chi connectivity index (χ1v) is 7.92. The smallest absolute Gasteiger partial charge is 0.253 e. The largest absolute Gasteiger partial charge is 0.485 e. The van der Waals surface area contributed by atoms with Gasteiger partial charge in [-0.05, 0) is 37.1 Å². The fourth-order valence-electron chi connectivity index (χ4n) is 2.90. The van der Waals surface area contributed by atoms with E-state index in [1.807, 2.05) is 11.9 Å². The molecule has 0 N–H and O–H groups in total. The predicted octanol–water partition coefficient (Wildman–Crippen LogP) is 2.97. The Balaban J connectivity index is 1.58. The first-order chi connectivity index (χ1) is 11.1. The van der Waals surface area contributed by atoms with Crippen molar-refractivity contribution in [3.8, 4) is 5.75 Å². The molecule has 1 aromatic heterocycles. The van der Waals surface area contributed by atoms with Gasteiger partial charge < -0.3 is 14.2 Å². The normalized spacial score (nSPS) is 14.9. The van der Waals surface area contributed by atoms with Gasteiger partial charge in [-0.3, -0.25) is 4.79 Å². The molecular formula is C17H21N3O3. The maximum atomic E-state index is 12.5. The maximum absolute atomic E-state index is 12.5. The zero-order valence-electron chi connectivity index (χ0n) is 13.5. The van der Waals surface area contributed by atoms with Crippen LogP contribution in [-0.2, 0) is 6.61 Å². The van der Waals surface area contributed by atoms with E-state index in [1.165, 1.54) is 12.8 Å². The number of hydrogen-bond acceptors (Lipinski definition) is 5. The van der Waals surface area contributed by atoms with E-state index in [4.69, 9.17) is 9.26 Å². The van der Waals surface area contributed by atoms with Gasteiger partial charge in [0, 0.05) is 25.6 Å². The van der Waals surface area contributed by atoms with Crippen LogP contribution in [0.15, 0.2) is 28.8 Å². The van der Waals surface area contributed by atoms with Gasteiger partial charge in [0.05, 0.1) is 0 Å². The number of aromatic nitrogens is 2. The number of aryl methyl sites for hydroxylation is 1. The second kappa shape index (κ2) is 6.81. The van der Waals surface area contributed by atoms with Crippen molar-refractivity contribution >= 4 is 5.91 Å². The Morgan fingerprint density at radius 2 is 2.00 bits per heavy atom. The summed E-state index contributed by atoms with van der Waals surface area (Å²) in [6.45, 7) is 1.98. The third-order valence-electron chi connectivity index (χ3n) is 4.23. The summed E-state index contributed by atoms with van der Waals surface area (Å²) in [5, 5.41) is 3.77. The quantitative estimate of drug-likeness (QED) is 0.848. The lowest BCUT2D eigenvalue weighted by Gasteiger charge is -2.24. The molecule has 1 amide bonds. The summed E-state index contributed by atoms with van der Waals surface area (Å²) in [5.74, 6) is 1.76. The van der Waals surface area contributed by atoms with Gasteiger partial charge in [0.15, 0.2) is 6.61 Å². The summed E-state index contributed by atoms with van der Waals surface area (Å²) in [7, 11) is 1.89. The van der Waals surface area contributed by atoms with Crippen molar-refractivity contribution in [2.75, 3.05) is 7.05 Å². The second-order valence-electron chi connectivity index (χ2n) is 5.90. The number of rotatable bonds is 5. The summed E-state index contributed by atoms with van der Waals surface area (Å²) in [6.07, 6.45) is 4.64. The molecule has 0 aliphatic heterocycles. The van der Waals surface area contributed by atoms with Crippen LogP contribution in [0.4, 0.5) is 0 Å². The van der Waals surface area contributed by atoms with Gasteiger partial charge in [0.1, 0.15) is 5.75 Å². The Kier molecular flexibility index (Phi) is 4.60. The van der Waals surface area contributed by atoms with Crippen LogP contribution in [0.1, 0.15) is 47.8 Å². The first-order valence-electron chi connectivity index (χ1n) is 7.92. The van der Waals surface area contributed by atoms with E-state index in [1.54, 1.807) is 31.2 Å². The first kappa shape index (κ1) is 15.5. The van der Waals surface area contributed by atoms with Gasteiger partial charge in [0.2, 0.25) is 11.7 Å². The lowest BCUT2D eigenvalue weighted by atomic mass is 10.1. The van der Waals surface area contributed by atoms with Crippen molar-refractivity contribution in [3.05, 3.63) is 41.5 Å². The fraction of sp³-hybridized carbons (Fsp3) is 0.471. The summed E-state index contributed by atoms with van der Waals surface area (Å²) in [6, 6.07) is 7.56. The van der Waals surface area contributed by atoms with Crippen molar-refractivity contribution in [3.63, 3.8) is 0 Å². The number of benzene rings is 1. The average molecular weight is 315 g/mol. The SMILES string of the molecule is Cc1nc(COc2ccc(C(=O)N(C)C3CCCC3)cc2)no1. The third kappa shape index (κ3) is 3.70. The van der Waals surface area contributed by atoms with Crippen LogP contribution in [0.25, 0.3) is 0 Å². The van der Waals surface area contributed by atoms with Gasteiger partial charge in [-0.1, -0.05) is 18.0 Å². The predicted molar refractivity (Wildman–Crippen MR) is 84.2 cm³/mol. The molecule has 1 aliphatic carbocycles. The van der Waals surface area contributed by atoms with Crippen LogP contribution in [0, 0.1) is 6.92 Å². The highest BCUT2D eigenvalue weighted by molar-refractivity contribution is 5.94. The number of nitrogens with zero attached hydrogens (tertiary/aromatic N) is 3. The standard InChI is InChI=1S/C17H21N3O3/c1-12-18-16(19-23-12)11-22-15-9-7-13(8-10-15)17(21)20(2)14-5-3-4-6-14/h7-10,14H,3-6,11H2,1-2H3. The molecule has 1 saturated carbocycles. The topological polar surface area (TPSA) is 68.5 Å². The minimum absolute atomic E-state index is 0.0669. The highest BCUT2D eigenvalue weighted by Gasteiger charge is 2.24. The van der Waals surface area contributed by atoms with Gasteiger partial charge in [0.25, 0.3) is 5.91 Å². The molecule has 0 unspecified atom stereocenters. The van der Waals surface area contributed by atoms with Gasteiger partial charge in [-0.15, -0.1) is 0 Å². The molecule has 1 fully saturated rings. The lowest BCUT2D eigenvalue weighted by Crippen LogP contribution is -2.35. The minimum atomic E-state index is 0.0669. The zero-order chi connectivity index (χ0) is 16.2. The highest BCUT2D eigenvalue weighted by Crippen LogP contribution is 2.24. The Hall–Kier alpha value is -2.37. The molecule has 0 bridgehead atoms. The number of carbonyl (C=O) groups is 1. The van der Waals surface area contributed by atoms with E-state index in [0.29, 0.717) is 29.1 Å². The molecule has 1 heterocycles. The Labute approximate surface area is 135 Å². The highest BCUT2D eigenvalue weighted by atomic mass is 16.5. The molecule has 122 valence electrons. The molecule has 1 aromatic carbocycles. The number of carbonyl (C=O) groups excluding carboxylic acids is 1. The van der Waals surface area contributed by atoms with Gasteiger partial charge >= 0.3 is 0 Å². The van der Waals surface area contributed by atoms with Crippen LogP contribution in [0.3, 0.4) is 0 Å². The van der Waals surface area contributed by atoms with Crippen molar-refractivity contribution in [1.82, 2.24) is 15.0 Å². The van der Waals surface area contributed by atoms with Crippen LogP contribution < -0.4 is 4.74 Å². The molecule has 6 heteroatoms. The third-order valence-corrected chi connectivity index (χ3v) is 4.23. The van der Waals surface area contributed by atoms with Crippen LogP contribution in [0.2, 0.25) is 0 Å². The van der Waals surface area contributed by atoms with Gasteiger partial charge in [-0.25, -0.2) is 0 Å². The van der Waals surface area contributed by atoms with Gasteiger partial charge in [-0.2, -0.15) is 4.98 Å². The maximum Gasteiger partial charge on any atom is 0.253 e. The Morgan fingerprint density at radius 3 is 2.61 bits per heavy atom. The Morgan fingerprint density at radius 1 is 1.30 bits per heavy atom. The van der Waals surface area contributed by atoms with Crippen LogP contribution in [-0.4, -0.2) is 34.0 Å². The summed E-state index contributed by atoms with van der Waals surface area (Å²) in [5.41, 5.74) is 0.683. The minimum Gasteiger partial charge on any atom is -0.485 e. The van der Waals surface area contributed by atoms with E-state index in [0.717, 1.165) is 12.8 Å². The molecule has 0 saturated heterocycles. The summed E-state index contributed by atoms with van der Waals surface area (Å²) >= 11 is 0. The summed E-state index contributed by atoms with van der Waals surface area (Å²) < 4.78 is 10.5. The van der Waals surface area contributed by atoms with E-state index < -0.39 is 0 Å². The number of amides is 1. The molecule has 23 heavy (non-hydrogen) atoms. The zero-order valence-corrected chi connectivity index (χ0v) is 13.5. The van der Waals surface area contributed by atoms with Crippen LogP contribution in [0.5, 0.6) is 5.75 Å². The molecule has 0 spiro atoms. The lowest BCUT2D eigenvalue weighted by molar-refractivity contribution is 0.0735. The van der Waals surface area contributed by atoms with E-state index >= 15 is 0 Å². The number of hydrogen-bond donors (Lipinski definition) is 0. The van der Waals surface area contributed by atoms with Crippen molar-refractivity contribution in [1.29, 1.82) is 0 Å². The number of ether oxygens (including phenoxy) is 1. The molecule has 3 rings (SSSR count). The molecular weight excluding hydrogens is 294 g/mol. The van der Waals surface area contributed by atoms with Crippen molar-refractivity contribution < 1.29 is 14.1 Å². The monoisotopic (exact) mass is 315 g/mol. The average Bonchev–Trinajstić information content (AvgIpc) is 3.24. The van der Waals surface area contributed by atoms with E-state index in [9.17, 15) is 4.79 Å². The molecule has 0 atom stereocenters. The van der Waals surface area contributed by atoms with Crippen molar-refractivity contribution in [2.24, 2.45) is 0 Å². The van der Waals surface area contributed by atoms with Crippen LogP contribution >= 0.6 is 0 Å². The van der Waals surface area contributed by atoms with E-state index in [-0.39, 0.29) is 12.5 Å². The molecule has 1 aliphatic rings. The fourth-order valence-corrected chi connectivity index (χ4v) is 2.90. The molecule has 2 aromatic rings. The van der Waals surface area contributed by atoms with E-state index in [2.05, 4.69) is 10.1 Å². The Bertz CT molecular complexity index is 660. The van der Waals surface area contributed by atoms with Crippen molar-refractivity contribution in [2.45, 2.75) is 45.3 Å². The molecule has 0 radical (unpaired) electrons. The second-order valence-corrected chi connectivity index (χ2v) is 5.90. The summed E-state index contributed by atoms with van der Waals surface area (Å²) in [4.78, 5) is 18.4. The molecule has 6 nitrogen and oxygen atoms in total.